The predicted molar refractivity (Wildman–Crippen MR) is 84.1 cm³/mol. The molecule has 0 aromatic carbocycles. The van der Waals surface area contributed by atoms with Crippen LogP contribution in [0.25, 0.3) is 0 Å². The lowest BCUT2D eigenvalue weighted by Crippen LogP contribution is -2.56. The van der Waals surface area contributed by atoms with E-state index in [1.165, 1.54) is 0 Å². The Morgan fingerprint density at radius 2 is 1.90 bits per heavy atom. The van der Waals surface area contributed by atoms with Crippen LogP contribution in [-0.2, 0) is 9.53 Å². The van der Waals surface area contributed by atoms with Crippen LogP contribution in [0.2, 0.25) is 0 Å². The molecule has 5 nitrogen and oxygen atoms in total. The number of rotatable bonds is 3. The summed E-state index contributed by atoms with van der Waals surface area (Å²) in [4.78, 5) is 17.0. The molecular weight excluding hydrogens is 266 g/mol. The summed E-state index contributed by atoms with van der Waals surface area (Å²) in [6, 6.07) is 0.432. The quantitative estimate of drug-likeness (QED) is 0.794. The van der Waals surface area contributed by atoms with Gasteiger partial charge in [0.25, 0.3) is 0 Å². The van der Waals surface area contributed by atoms with Crippen LogP contribution in [-0.4, -0.2) is 65.7 Å². The minimum Gasteiger partial charge on any atom is -0.465 e. The molecule has 2 aliphatic rings. The average molecular weight is 297 g/mol. The molecule has 122 valence electrons. The first-order valence-corrected chi connectivity index (χ1v) is 8.21. The zero-order valence-corrected chi connectivity index (χ0v) is 14.0. The van der Waals surface area contributed by atoms with Gasteiger partial charge in [-0.3, -0.25) is 14.6 Å². The summed E-state index contributed by atoms with van der Waals surface area (Å²) in [5.74, 6) is -0.221. The van der Waals surface area contributed by atoms with E-state index in [1.54, 1.807) is 0 Å². The smallest absolute Gasteiger partial charge is 0.326 e. The Morgan fingerprint density at radius 1 is 1.29 bits per heavy atom. The van der Waals surface area contributed by atoms with Crippen LogP contribution in [0.3, 0.4) is 0 Å². The molecule has 0 aromatic rings. The Kier molecular flexibility index (Phi) is 4.96. The zero-order chi connectivity index (χ0) is 15.7. The van der Waals surface area contributed by atoms with Gasteiger partial charge in [-0.15, -0.1) is 0 Å². The Hall–Kier alpha value is -0.650. The van der Waals surface area contributed by atoms with Crippen LogP contribution in [0.4, 0.5) is 0 Å². The molecular formula is C16H31N3O2. The molecule has 2 atom stereocenters. The third-order valence-electron chi connectivity index (χ3n) is 4.98. The molecule has 2 N–H and O–H groups in total. The number of ether oxygens (including phenoxy) is 1. The van der Waals surface area contributed by atoms with E-state index < -0.39 is 5.54 Å². The Bertz CT molecular complexity index is 372. The average Bonchev–Trinajstić information content (AvgIpc) is 2.82. The van der Waals surface area contributed by atoms with Crippen molar-refractivity contribution in [3.63, 3.8) is 0 Å². The lowest BCUT2D eigenvalue weighted by atomic mass is 9.98. The van der Waals surface area contributed by atoms with Crippen LogP contribution in [0.5, 0.6) is 0 Å². The highest BCUT2D eigenvalue weighted by Gasteiger charge is 2.45. The normalized spacial score (nSPS) is 32.3. The second kappa shape index (κ2) is 6.23. The fourth-order valence-corrected chi connectivity index (χ4v) is 3.58. The van der Waals surface area contributed by atoms with E-state index in [-0.39, 0.29) is 11.5 Å². The molecule has 2 rings (SSSR count). The van der Waals surface area contributed by atoms with Crippen molar-refractivity contribution in [3.05, 3.63) is 0 Å². The summed E-state index contributed by atoms with van der Waals surface area (Å²) in [6.07, 6.45) is 2.49. The lowest BCUT2D eigenvalue weighted by molar-refractivity contribution is -0.149. The Morgan fingerprint density at radius 3 is 2.43 bits per heavy atom. The van der Waals surface area contributed by atoms with Crippen molar-refractivity contribution in [1.29, 1.82) is 0 Å². The van der Waals surface area contributed by atoms with Crippen molar-refractivity contribution in [2.24, 2.45) is 5.73 Å². The van der Waals surface area contributed by atoms with E-state index in [2.05, 4.69) is 30.6 Å². The highest BCUT2D eigenvalue weighted by molar-refractivity contribution is 5.81. The summed E-state index contributed by atoms with van der Waals surface area (Å²) in [7, 11) is 0. The van der Waals surface area contributed by atoms with E-state index in [1.807, 2.05) is 6.92 Å². The summed E-state index contributed by atoms with van der Waals surface area (Å²) in [5.41, 5.74) is 5.75. The van der Waals surface area contributed by atoms with Crippen LogP contribution >= 0.6 is 0 Å². The standard InChI is InChI=1S/C16H31N3O2/c1-5-21-14(20)16(17)7-6-13(12-16)18-8-10-19(11-9-18)15(2,3)4/h13H,5-12,17H2,1-4H3. The van der Waals surface area contributed by atoms with Crippen molar-refractivity contribution in [1.82, 2.24) is 9.80 Å². The number of nitrogens with two attached hydrogens (primary N) is 1. The number of esters is 1. The topological polar surface area (TPSA) is 58.8 Å². The number of hydrogen-bond acceptors (Lipinski definition) is 5. The molecule has 1 aliphatic carbocycles. The molecule has 1 heterocycles. The SMILES string of the molecule is CCOC(=O)C1(N)CCC(N2CCN(C(C)(C)C)CC2)C1. The molecule has 0 spiro atoms. The lowest BCUT2D eigenvalue weighted by Gasteiger charge is -2.44. The largest absolute Gasteiger partial charge is 0.465 e. The molecule has 21 heavy (non-hydrogen) atoms. The maximum Gasteiger partial charge on any atom is 0.326 e. The van der Waals surface area contributed by atoms with Gasteiger partial charge in [0.05, 0.1) is 6.61 Å². The third kappa shape index (κ3) is 3.76. The number of hydrogen-bond donors (Lipinski definition) is 1. The monoisotopic (exact) mass is 297 g/mol. The van der Waals surface area contributed by atoms with Gasteiger partial charge in [0, 0.05) is 37.8 Å². The van der Waals surface area contributed by atoms with Gasteiger partial charge in [-0.1, -0.05) is 0 Å². The van der Waals surface area contributed by atoms with Crippen molar-refractivity contribution >= 4 is 5.97 Å². The fourth-order valence-electron chi connectivity index (χ4n) is 3.58. The summed E-state index contributed by atoms with van der Waals surface area (Å²) in [5, 5.41) is 0. The summed E-state index contributed by atoms with van der Waals surface area (Å²) >= 11 is 0. The minimum atomic E-state index is -0.762. The van der Waals surface area contributed by atoms with Crippen LogP contribution in [0.1, 0.15) is 47.0 Å². The fraction of sp³-hybridized carbons (Fsp3) is 0.938. The van der Waals surface area contributed by atoms with Crippen molar-refractivity contribution < 1.29 is 9.53 Å². The third-order valence-corrected chi connectivity index (χ3v) is 4.98. The van der Waals surface area contributed by atoms with E-state index in [0.717, 1.165) is 45.4 Å². The summed E-state index contributed by atoms with van der Waals surface area (Å²) < 4.78 is 5.14. The number of nitrogens with zero attached hydrogens (tertiary/aromatic N) is 2. The number of carbonyl (C=O) groups is 1. The molecule has 2 fully saturated rings. The number of piperazine rings is 1. The molecule has 1 saturated carbocycles. The first-order chi connectivity index (χ1) is 9.76. The van der Waals surface area contributed by atoms with E-state index in [4.69, 9.17) is 10.5 Å². The second-order valence-electron chi connectivity index (χ2n) is 7.47. The maximum atomic E-state index is 12.0. The molecule has 1 saturated heterocycles. The van der Waals surface area contributed by atoms with Gasteiger partial charge in [-0.05, 0) is 47.0 Å². The molecule has 0 radical (unpaired) electrons. The van der Waals surface area contributed by atoms with Crippen LogP contribution < -0.4 is 5.73 Å². The highest BCUT2D eigenvalue weighted by atomic mass is 16.5. The first-order valence-electron chi connectivity index (χ1n) is 8.21. The van der Waals surface area contributed by atoms with Crippen molar-refractivity contribution in [3.8, 4) is 0 Å². The Balaban J connectivity index is 1.87. The van der Waals surface area contributed by atoms with E-state index >= 15 is 0 Å². The highest BCUT2D eigenvalue weighted by Crippen LogP contribution is 2.33. The molecule has 0 amide bonds. The van der Waals surface area contributed by atoms with Crippen LogP contribution in [0, 0.1) is 0 Å². The van der Waals surface area contributed by atoms with Gasteiger partial charge in [-0.2, -0.15) is 0 Å². The molecule has 5 heteroatoms. The molecule has 1 aliphatic heterocycles. The van der Waals surface area contributed by atoms with Gasteiger partial charge in [0.1, 0.15) is 5.54 Å². The van der Waals surface area contributed by atoms with Crippen LogP contribution in [0.15, 0.2) is 0 Å². The molecule has 0 bridgehead atoms. The van der Waals surface area contributed by atoms with Crippen molar-refractivity contribution in [2.45, 2.75) is 64.1 Å². The second-order valence-corrected chi connectivity index (χ2v) is 7.47. The molecule has 2 unspecified atom stereocenters. The van der Waals surface area contributed by atoms with Gasteiger partial charge < -0.3 is 10.5 Å². The van der Waals surface area contributed by atoms with Gasteiger partial charge in [0.15, 0.2) is 0 Å². The maximum absolute atomic E-state index is 12.0. The van der Waals surface area contributed by atoms with Crippen molar-refractivity contribution in [2.75, 3.05) is 32.8 Å². The minimum absolute atomic E-state index is 0.221. The first kappa shape index (κ1) is 16.7. The molecule has 0 aromatic heterocycles. The van der Waals surface area contributed by atoms with E-state index in [0.29, 0.717) is 12.6 Å². The van der Waals surface area contributed by atoms with Gasteiger partial charge in [0.2, 0.25) is 0 Å². The van der Waals surface area contributed by atoms with Gasteiger partial charge >= 0.3 is 5.97 Å². The number of carbonyl (C=O) groups excluding carboxylic acids is 1. The van der Waals surface area contributed by atoms with E-state index in [9.17, 15) is 4.79 Å². The summed E-state index contributed by atoms with van der Waals surface area (Å²) in [6.45, 7) is 13.4. The van der Waals surface area contributed by atoms with Gasteiger partial charge in [-0.25, -0.2) is 0 Å². The Labute approximate surface area is 128 Å². The zero-order valence-electron chi connectivity index (χ0n) is 14.0. The predicted octanol–water partition coefficient (Wildman–Crippen LogP) is 1.22.